The van der Waals surface area contributed by atoms with Gasteiger partial charge < -0.3 is 24.6 Å². The molecule has 0 saturated heterocycles. The van der Waals surface area contributed by atoms with Crippen LogP contribution in [0.4, 0.5) is 5.69 Å². The molecule has 3 atom stereocenters. The maximum absolute atomic E-state index is 13.3. The van der Waals surface area contributed by atoms with E-state index in [4.69, 9.17) is 14.2 Å². The lowest BCUT2D eigenvalue weighted by atomic mass is 9.99. The minimum Gasteiger partial charge on any atom is -0.487 e. The molecular weight excluding hydrogens is 679 g/mol. The zero-order valence-corrected chi connectivity index (χ0v) is 30.0. The largest absolute Gasteiger partial charge is 0.487 e. The smallest absolute Gasteiger partial charge is 0.265 e. The summed E-state index contributed by atoms with van der Waals surface area (Å²) in [5.41, 5.74) is 4.57. The van der Waals surface area contributed by atoms with Gasteiger partial charge in [-0.3, -0.25) is 14.4 Å². The van der Waals surface area contributed by atoms with Crippen molar-refractivity contribution in [1.82, 2.24) is 10.2 Å². The lowest BCUT2D eigenvalue weighted by Gasteiger charge is -2.39. The number of carbonyl (C=O) groups excluding carboxylic acids is 1. The number of sulfonamides is 1. The molecule has 52 heavy (non-hydrogen) atoms. The van der Waals surface area contributed by atoms with Crippen molar-refractivity contribution in [3.8, 4) is 17.2 Å². The molecule has 4 aromatic rings. The summed E-state index contributed by atoms with van der Waals surface area (Å²) in [6, 6.07) is 28.1. The number of aliphatic hydroxyl groups is 1. The van der Waals surface area contributed by atoms with Crippen molar-refractivity contribution in [2.75, 3.05) is 17.9 Å². The van der Waals surface area contributed by atoms with E-state index in [9.17, 15) is 18.3 Å². The number of hydrogen-bond donors (Lipinski definition) is 3. The molecule has 7 rings (SSSR count). The standard InChI is InChI=1S/C40H47N3O7S.CH4/c1-3-4-20-41-39(45)27-48-35-18-17-31-12-8-14-34(22-32(31)23-35)43(25-29-10-6-5-7-11-29)40(28(2)44)50-36-15-9-13-33(24-36)42-51(46,47)38-21-30-16-19-37(38)49-26-30;/h5-7,9-11,13,15-19,21,23-24,28,34,40,42,44H,3-4,8,12,14,20,22,25-27H2,1-2H3,(H,41,45);1H4/t28-,34?,40?;/m0./s1. The van der Waals surface area contributed by atoms with Gasteiger partial charge in [-0.05, 0) is 97.7 Å². The molecule has 10 nitrogen and oxygen atoms in total. The number of nitrogens with zero attached hydrogens (tertiary/aromatic N) is 1. The lowest BCUT2D eigenvalue weighted by Crippen LogP contribution is -2.51. The molecule has 0 saturated carbocycles. The third-order valence-electron chi connectivity index (χ3n) is 9.29. The predicted molar refractivity (Wildman–Crippen MR) is 203 cm³/mol. The first-order valence-electron chi connectivity index (χ1n) is 17.7. The number of aliphatic hydroxyl groups excluding tert-OH is 1. The van der Waals surface area contributed by atoms with Gasteiger partial charge in [-0.1, -0.05) is 69.3 Å². The second-order valence-corrected chi connectivity index (χ2v) is 14.9. The van der Waals surface area contributed by atoms with Crippen molar-refractivity contribution in [2.24, 2.45) is 0 Å². The fourth-order valence-corrected chi connectivity index (χ4v) is 7.92. The Labute approximate surface area is 308 Å². The van der Waals surface area contributed by atoms with Crippen LogP contribution in [0.3, 0.4) is 0 Å². The Morgan fingerprint density at radius 2 is 1.83 bits per heavy atom. The SMILES string of the molecule is C.CCCCNC(=O)COc1ccc2c(c1)CC(N(Cc1ccccc1)C(Oc1cccc(NS(=O)(=O)c3cc4ccc3OC4)c1)[C@H](C)O)CCC2. The van der Waals surface area contributed by atoms with E-state index in [1.165, 1.54) is 5.56 Å². The molecule has 1 amide bonds. The average Bonchev–Trinajstić information content (AvgIpc) is 3.35. The van der Waals surface area contributed by atoms with Crippen molar-refractivity contribution < 1.29 is 32.5 Å². The molecule has 2 bridgehead atoms. The molecule has 11 heteroatoms. The van der Waals surface area contributed by atoms with Gasteiger partial charge in [-0.15, -0.1) is 0 Å². The van der Waals surface area contributed by atoms with E-state index in [0.29, 0.717) is 49.1 Å². The van der Waals surface area contributed by atoms with Gasteiger partial charge in [0.2, 0.25) is 0 Å². The normalized spacial score (nSPS) is 16.0. The zero-order chi connectivity index (χ0) is 35.8. The van der Waals surface area contributed by atoms with Crippen LogP contribution in [0.5, 0.6) is 17.2 Å². The van der Waals surface area contributed by atoms with E-state index in [0.717, 1.165) is 48.8 Å². The summed E-state index contributed by atoms with van der Waals surface area (Å²) in [5.74, 6) is 1.24. The molecule has 3 N–H and O–H groups in total. The van der Waals surface area contributed by atoms with Crippen LogP contribution in [0.15, 0.2) is 95.9 Å². The summed E-state index contributed by atoms with van der Waals surface area (Å²) >= 11 is 0. The van der Waals surface area contributed by atoms with Crippen LogP contribution in [0, 0.1) is 0 Å². The predicted octanol–water partition coefficient (Wildman–Crippen LogP) is 6.85. The topological polar surface area (TPSA) is 126 Å². The number of nitrogens with one attached hydrogen (secondary N) is 2. The van der Waals surface area contributed by atoms with Crippen molar-refractivity contribution in [3.63, 3.8) is 0 Å². The van der Waals surface area contributed by atoms with Gasteiger partial charge in [0, 0.05) is 25.2 Å². The maximum Gasteiger partial charge on any atom is 0.265 e. The van der Waals surface area contributed by atoms with Crippen molar-refractivity contribution in [2.45, 2.75) is 96.2 Å². The molecule has 278 valence electrons. The fraction of sp³-hybridized carbons (Fsp3) is 0.390. The monoisotopic (exact) mass is 729 g/mol. The second kappa shape index (κ2) is 17.8. The average molecular weight is 730 g/mol. The van der Waals surface area contributed by atoms with Gasteiger partial charge in [-0.25, -0.2) is 8.42 Å². The minimum absolute atomic E-state index is 0. The van der Waals surface area contributed by atoms with Gasteiger partial charge in [0.25, 0.3) is 15.9 Å². The molecule has 1 aliphatic carbocycles. The Balaban J connectivity index is 0.00000523. The van der Waals surface area contributed by atoms with E-state index in [1.807, 2.05) is 36.4 Å². The quantitative estimate of drug-likeness (QED) is 0.0650. The highest BCUT2D eigenvalue weighted by molar-refractivity contribution is 7.92. The van der Waals surface area contributed by atoms with Crippen LogP contribution in [0.1, 0.15) is 69.2 Å². The Hall–Kier alpha value is -4.58. The Morgan fingerprint density at radius 3 is 2.54 bits per heavy atom. The van der Waals surface area contributed by atoms with E-state index in [1.54, 1.807) is 43.3 Å². The van der Waals surface area contributed by atoms with Gasteiger partial charge in [0.05, 0.1) is 5.69 Å². The van der Waals surface area contributed by atoms with E-state index in [-0.39, 0.29) is 30.9 Å². The molecule has 2 heterocycles. The molecular formula is C41H51N3O7S. The molecule has 0 fully saturated rings. The Kier molecular flexibility index (Phi) is 13.2. The lowest BCUT2D eigenvalue weighted by molar-refractivity contribution is -0.123. The first-order chi connectivity index (χ1) is 24.7. The van der Waals surface area contributed by atoms with Crippen LogP contribution in [-0.4, -0.2) is 55.9 Å². The number of amides is 1. The highest BCUT2D eigenvalue weighted by atomic mass is 32.2. The molecule has 4 aromatic carbocycles. The Morgan fingerprint density at radius 1 is 1.00 bits per heavy atom. The van der Waals surface area contributed by atoms with Gasteiger partial charge in [0.15, 0.2) is 12.8 Å². The van der Waals surface area contributed by atoms with Crippen LogP contribution in [-0.2, 0) is 40.8 Å². The summed E-state index contributed by atoms with van der Waals surface area (Å²) in [4.78, 5) is 14.6. The molecule has 3 aliphatic rings. The van der Waals surface area contributed by atoms with Gasteiger partial charge in [-0.2, -0.15) is 0 Å². The number of hydrogen-bond acceptors (Lipinski definition) is 8. The third kappa shape index (κ3) is 9.84. The highest BCUT2D eigenvalue weighted by Crippen LogP contribution is 2.34. The molecule has 2 unspecified atom stereocenters. The molecule has 0 radical (unpaired) electrons. The summed E-state index contributed by atoms with van der Waals surface area (Å²) in [6.45, 7) is 5.27. The summed E-state index contributed by atoms with van der Waals surface area (Å²) in [6.07, 6.45) is 3.70. The highest BCUT2D eigenvalue weighted by Gasteiger charge is 2.33. The minimum atomic E-state index is -3.92. The summed E-state index contributed by atoms with van der Waals surface area (Å²) in [5, 5.41) is 14.2. The third-order valence-corrected chi connectivity index (χ3v) is 10.7. The summed E-state index contributed by atoms with van der Waals surface area (Å²) in [7, 11) is -3.92. The maximum atomic E-state index is 13.3. The summed E-state index contributed by atoms with van der Waals surface area (Å²) < 4.78 is 47.4. The fourth-order valence-electron chi connectivity index (χ4n) is 6.68. The van der Waals surface area contributed by atoms with Crippen molar-refractivity contribution >= 4 is 21.6 Å². The van der Waals surface area contributed by atoms with Crippen LogP contribution in [0.25, 0.3) is 0 Å². The number of anilines is 1. The first-order valence-corrected chi connectivity index (χ1v) is 19.2. The number of benzene rings is 4. The molecule has 0 aromatic heterocycles. The number of carbonyl (C=O) groups is 1. The number of aryl methyl sites for hydroxylation is 1. The number of ether oxygens (including phenoxy) is 3. The van der Waals surface area contributed by atoms with Gasteiger partial charge >= 0.3 is 0 Å². The first kappa shape index (κ1) is 38.6. The number of fused-ring (bicyclic) bond motifs is 4. The van der Waals surface area contributed by atoms with Crippen molar-refractivity contribution in [1.29, 1.82) is 0 Å². The second-order valence-electron chi connectivity index (χ2n) is 13.3. The molecule has 0 spiro atoms. The van der Waals surface area contributed by atoms with Crippen LogP contribution in [0.2, 0.25) is 0 Å². The number of unbranched alkanes of at least 4 members (excludes halogenated alkanes) is 1. The van der Waals surface area contributed by atoms with Gasteiger partial charge in [0.1, 0.15) is 34.9 Å². The Bertz CT molecular complexity index is 1900. The zero-order valence-electron chi connectivity index (χ0n) is 29.2. The number of rotatable bonds is 16. The van der Waals surface area contributed by atoms with Crippen LogP contribution < -0.4 is 24.2 Å². The van der Waals surface area contributed by atoms with E-state index in [2.05, 4.69) is 40.1 Å². The molecule has 2 aliphatic heterocycles. The van der Waals surface area contributed by atoms with E-state index < -0.39 is 22.4 Å². The van der Waals surface area contributed by atoms with Crippen LogP contribution >= 0.6 is 0 Å². The van der Waals surface area contributed by atoms with E-state index >= 15 is 0 Å². The van der Waals surface area contributed by atoms with Crippen molar-refractivity contribution in [3.05, 3.63) is 113 Å².